The van der Waals surface area contributed by atoms with Crippen molar-refractivity contribution in [3.8, 4) is 17.2 Å². The van der Waals surface area contributed by atoms with Crippen molar-refractivity contribution in [3.05, 3.63) is 45.6 Å². The predicted octanol–water partition coefficient (Wildman–Crippen LogP) is 5.71. The molecule has 4 bridgehead atoms. The maximum absolute atomic E-state index is 14.7. The SMILES string of the molecule is CC(=O)O[C@H]1[C@H](C)[C@H](O)[C@H](C)C[C@@H](C)/C=C/C=C(/C)C(=O)Nc2c(O)c3c(O)c(C)c4c(c3c3c2=NCCN(C)CCCCN=3)C(=O)[C@@](C)(CCC[C@H]1C)O4. The first-order chi connectivity index (χ1) is 26.0. The van der Waals surface area contributed by atoms with E-state index in [1.54, 1.807) is 32.9 Å². The molecule has 0 fully saturated rings. The van der Waals surface area contributed by atoms with E-state index >= 15 is 0 Å². The fourth-order valence-electron chi connectivity index (χ4n) is 8.43. The van der Waals surface area contributed by atoms with Crippen molar-refractivity contribution in [2.24, 2.45) is 33.7 Å². The van der Waals surface area contributed by atoms with Crippen LogP contribution in [-0.4, -0.2) is 88.9 Å². The zero-order valence-corrected chi connectivity index (χ0v) is 34.0. The number of rotatable bonds is 1. The molecular formula is C43H60N4O8. The van der Waals surface area contributed by atoms with E-state index in [-0.39, 0.29) is 73.9 Å². The van der Waals surface area contributed by atoms with Gasteiger partial charge in [-0.15, -0.1) is 0 Å². The van der Waals surface area contributed by atoms with Gasteiger partial charge in [0.1, 0.15) is 28.6 Å². The number of carbonyl (C=O) groups is 3. The maximum atomic E-state index is 14.7. The van der Waals surface area contributed by atoms with Crippen molar-refractivity contribution in [2.75, 3.05) is 38.5 Å². The van der Waals surface area contributed by atoms with Crippen LogP contribution in [0.2, 0.25) is 0 Å². The molecule has 7 atom stereocenters. The molecule has 0 spiro atoms. The van der Waals surface area contributed by atoms with Crippen molar-refractivity contribution >= 4 is 34.1 Å². The van der Waals surface area contributed by atoms with E-state index in [9.17, 15) is 29.7 Å². The summed E-state index contributed by atoms with van der Waals surface area (Å²) >= 11 is 0. The van der Waals surface area contributed by atoms with Gasteiger partial charge in [0.2, 0.25) is 5.78 Å². The number of fused-ring (bicyclic) bond motifs is 1. The second-order valence-electron chi connectivity index (χ2n) is 16.5. The van der Waals surface area contributed by atoms with E-state index < -0.39 is 35.4 Å². The molecule has 0 aromatic heterocycles. The van der Waals surface area contributed by atoms with E-state index in [1.165, 1.54) is 6.92 Å². The molecule has 0 saturated carbocycles. The quantitative estimate of drug-likeness (QED) is 0.210. The number of nitrogens with zero attached hydrogens (tertiary/aromatic N) is 3. The normalized spacial score (nSPS) is 30.6. The van der Waals surface area contributed by atoms with Gasteiger partial charge in [-0.05, 0) is 90.6 Å². The summed E-state index contributed by atoms with van der Waals surface area (Å²) in [7, 11) is 2.02. The van der Waals surface area contributed by atoms with Crippen molar-refractivity contribution < 1.29 is 39.2 Å². The number of phenols is 2. The van der Waals surface area contributed by atoms with Crippen molar-refractivity contribution in [3.63, 3.8) is 0 Å². The number of carbonyl (C=O) groups excluding carboxylic acids is 3. The molecule has 3 aliphatic heterocycles. The number of benzene rings is 2. The van der Waals surface area contributed by atoms with Crippen LogP contribution in [0.1, 0.15) is 103 Å². The molecule has 0 saturated heterocycles. The maximum Gasteiger partial charge on any atom is 0.302 e. The van der Waals surface area contributed by atoms with Crippen LogP contribution >= 0.6 is 0 Å². The van der Waals surface area contributed by atoms with E-state index in [0.29, 0.717) is 56.2 Å². The van der Waals surface area contributed by atoms with Crippen LogP contribution in [0, 0.1) is 30.6 Å². The number of allylic oxidation sites excluding steroid dienone is 3. The number of aliphatic hydroxyl groups excluding tert-OH is 1. The van der Waals surface area contributed by atoms with Crippen molar-refractivity contribution in [1.29, 1.82) is 0 Å². The number of aromatic hydroxyl groups is 2. The Morgan fingerprint density at radius 3 is 2.40 bits per heavy atom. The molecule has 2 aromatic carbocycles. The lowest BCUT2D eigenvalue weighted by Gasteiger charge is -2.35. The van der Waals surface area contributed by atoms with Gasteiger partial charge < -0.3 is 35.0 Å². The Balaban J connectivity index is 1.73. The van der Waals surface area contributed by atoms with Crippen molar-refractivity contribution in [1.82, 2.24) is 4.90 Å². The topological polar surface area (TPSA) is 170 Å². The van der Waals surface area contributed by atoms with Gasteiger partial charge in [-0.2, -0.15) is 0 Å². The molecule has 12 heteroatoms. The first kappa shape index (κ1) is 41.9. The van der Waals surface area contributed by atoms with Gasteiger partial charge >= 0.3 is 5.97 Å². The molecule has 4 N–H and O–H groups in total. The smallest absolute Gasteiger partial charge is 0.302 e. The second kappa shape index (κ2) is 17.2. The minimum atomic E-state index is -1.31. The van der Waals surface area contributed by atoms with Crippen LogP contribution in [0.15, 0.2) is 33.8 Å². The minimum Gasteiger partial charge on any atom is -0.507 e. The summed E-state index contributed by atoms with van der Waals surface area (Å²) in [4.78, 5) is 52.9. The Morgan fingerprint density at radius 2 is 1.69 bits per heavy atom. The molecule has 0 unspecified atom stereocenters. The highest BCUT2D eigenvalue weighted by atomic mass is 16.5. The average Bonchev–Trinajstić information content (AvgIpc) is 3.36. The number of hydrogen-bond donors (Lipinski definition) is 4. The van der Waals surface area contributed by atoms with Crippen LogP contribution in [0.3, 0.4) is 0 Å². The summed E-state index contributed by atoms with van der Waals surface area (Å²) in [6.45, 7) is 16.6. The fourth-order valence-corrected chi connectivity index (χ4v) is 8.43. The number of Topliss-reactive ketones (excluding diaryl/α,β-unsaturated/α-hetero) is 1. The highest BCUT2D eigenvalue weighted by Crippen LogP contribution is 2.50. The zero-order valence-electron chi connectivity index (χ0n) is 34.0. The van der Waals surface area contributed by atoms with E-state index in [0.717, 1.165) is 19.4 Å². The van der Waals surface area contributed by atoms with Crippen LogP contribution in [0.25, 0.3) is 10.8 Å². The van der Waals surface area contributed by atoms with Crippen LogP contribution < -0.4 is 20.8 Å². The lowest BCUT2D eigenvalue weighted by atomic mass is 9.79. The number of anilines is 1. The molecule has 12 nitrogen and oxygen atoms in total. The van der Waals surface area contributed by atoms with E-state index in [4.69, 9.17) is 19.5 Å². The summed E-state index contributed by atoms with van der Waals surface area (Å²) < 4.78 is 12.4. The molecule has 3 heterocycles. The number of amides is 1. The van der Waals surface area contributed by atoms with Crippen molar-refractivity contribution in [2.45, 2.75) is 112 Å². The number of nitrogens with one attached hydrogen (secondary N) is 1. The molecule has 5 rings (SSSR count). The van der Waals surface area contributed by atoms with Crippen LogP contribution in [0.4, 0.5) is 5.69 Å². The average molecular weight is 761 g/mol. The second-order valence-corrected chi connectivity index (χ2v) is 16.5. The number of phenolic OH excluding ortho intramolecular Hbond substituents is 2. The van der Waals surface area contributed by atoms with Gasteiger partial charge in [-0.25, -0.2) is 0 Å². The zero-order chi connectivity index (χ0) is 40.4. The van der Waals surface area contributed by atoms with Gasteiger partial charge in [-0.1, -0.05) is 45.9 Å². The first-order valence-electron chi connectivity index (χ1n) is 19.8. The number of aliphatic hydroxyl groups is 1. The Morgan fingerprint density at radius 1 is 0.982 bits per heavy atom. The molecule has 55 heavy (non-hydrogen) atoms. The third kappa shape index (κ3) is 8.75. The number of ether oxygens (including phenoxy) is 2. The Kier molecular flexibility index (Phi) is 13.1. The monoisotopic (exact) mass is 760 g/mol. The Bertz CT molecular complexity index is 2010. The summed E-state index contributed by atoms with van der Waals surface area (Å²) in [6, 6.07) is 0. The first-order valence-corrected chi connectivity index (χ1v) is 19.8. The van der Waals surface area contributed by atoms with Gasteiger partial charge in [-0.3, -0.25) is 24.4 Å². The van der Waals surface area contributed by atoms with Gasteiger partial charge in [0, 0.05) is 42.5 Å². The molecular weight excluding hydrogens is 700 g/mol. The van der Waals surface area contributed by atoms with Gasteiger partial charge in [0.05, 0.1) is 29.0 Å². The third-order valence-electron chi connectivity index (χ3n) is 11.8. The van der Waals surface area contributed by atoms with Crippen LogP contribution in [0.5, 0.6) is 17.2 Å². The Hall–Kier alpha value is -4.29. The standard InChI is InChI=1S/C43H60N4O8/c1-23-14-12-15-25(3)42(53)46-35-34-33(44-18-10-11-20-47(9)21-19-45-34)30-31(38(35)51)37(50)28(6)40-32(30)41(52)43(8,55-40)17-13-16-24(2)39(54-29(7)48)27(5)36(49)26(4)22-23/h12,14-15,23-24,26-27,36,39,49-51H,10-11,13,16-22H2,1-9H3,(H,46,53)/b14-12+,25-15-,44-33?,45-34?/t23-,24+,26+,27+,36+,39+,43+/m0/s1. The molecule has 0 radical (unpaired) electrons. The number of esters is 1. The van der Waals surface area contributed by atoms with Gasteiger partial charge in [0.15, 0.2) is 11.4 Å². The highest BCUT2D eigenvalue weighted by molar-refractivity contribution is 6.20. The van der Waals surface area contributed by atoms with Gasteiger partial charge in [0.25, 0.3) is 5.91 Å². The number of hydrogen-bond acceptors (Lipinski definition) is 11. The van der Waals surface area contributed by atoms with Crippen LogP contribution in [-0.2, 0) is 14.3 Å². The highest BCUT2D eigenvalue weighted by Gasteiger charge is 2.47. The fraction of sp³-hybridized carbons (Fsp3) is 0.605. The summed E-state index contributed by atoms with van der Waals surface area (Å²) in [6.07, 6.45) is 7.91. The number of ketones is 1. The third-order valence-corrected chi connectivity index (χ3v) is 11.8. The molecule has 300 valence electrons. The molecule has 1 amide bonds. The molecule has 2 aromatic rings. The number of likely N-dealkylation sites (N-methyl/N-ethyl adjacent to an activating group) is 1. The molecule has 0 aliphatic carbocycles. The summed E-state index contributed by atoms with van der Waals surface area (Å²) in [5.41, 5.74) is -0.441. The van der Waals surface area contributed by atoms with E-state index in [1.807, 2.05) is 40.8 Å². The minimum absolute atomic E-state index is 0.00527. The predicted molar refractivity (Wildman–Crippen MR) is 212 cm³/mol. The lowest BCUT2D eigenvalue weighted by Crippen LogP contribution is -2.41. The summed E-state index contributed by atoms with van der Waals surface area (Å²) in [5.74, 6) is -2.23. The van der Waals surface area contributed by atoms with E-state index in [2.05, 4.69) is 10.2 Å². The largest absolute Gasteiger partial charge is 0.507 e. The Labute approximate surface area is 324 Å². The summed E-state index contributed by atoms with van der Waals surface area (Å²) in [5, 5.41) is 39.0. The lowest BCUT2D eigenvalue weighted by molar-refractivity contribution is -0.156. The molecule has 3 aliphatic rings.